The van der Waals surface area contributed by atoms with Crippen molar-refractivity contribution in [3.05, 3.63) is 90.0 Å². The van der Waals surface area contributed by atoms with Gasteiger partial charge in [0.05, 0.1) is 12.2 Å². The Morgan fingerprint density at radius 3 is 2.17 bits per heavy atom. The molecule has 344 valence electrons. The second kappa shape index (κ2) is 16.8. The van der Waals surface area contributed by atoms with Gasteiger partial charge in [-0.1, -0.05) is 25.1 Å². The number of aliphatic hydroxyl groups excluding tert-OH is 2. The summed E-state index contributed by atoms with van der Waals surface area (Å²) in [5, 5.41) is 29.8. The Labute approximate surface area is 372 Å². The van der Waals surface area contributed by atoms with Crippen molar-refractivity contribution < 1.29 is 66.8 Å². The molecule has 5 N–H and O–H groups in total. The van der Waals surface area contributed by atoms with Crippen LogP contribution in [0.1, 0.15) is 65.2 Å². The van der Waals surface area contributed by atoms with E-state index in [1.807, 2.05) is 0 Å². The number of allylic oxidation sites excluding steroid dienone is 4. The van der Waals surface area contributed by atoms with Crippen LogP contribution in [-0.4, -0.2) is 111 Å². The number of hydrogen-bond donors (Lipinski definition) is 5. The summed E-state index contributed by atoms with van der Waals surface area (Å²) in [6, 6.07) is 11.1. The lowest BCUT2D eigenvalue weighted by Crippen LogP contribution is -2.70. The van der Waals surface area contributed by atoms with E-state index in [2.05, 4.69) is 16.0 Å². The number of nitrogens with one attached hydrogen (secondary N) is 3. The number of carbonyl (C=O) groups excluding carboxylic acids is 7. The molecule has 1 saturated heterocycles. The van der Waals surface area contributed by atoms with E-state index in [9.17, 15) is 43.8 Å². The number of halogens is 2. The summed E-state index contributed by atoms with van der Waals surface area (Å²) in [5.41, 5.74) is -6.12. The van der Waals surface area contributed by atoms with Crippen molar-refractivity contribution in [3.8, 4) is 11.5 Å². The minimum Gasteiger partial charge on any atom is -0.457 e. The topological polar surface area (TPSA) is 227 Å². The standard InChI is InChI=1S/C47H50F2N4O12/c1-24(50-38(58)16-18-53-39(59)13-14-40(53)60)41(61)51-25(2)42(62)52-27-7-11-30(12-8-27)63-29-9-5-26(6-10-29)43-64-37-21-31-32-20-34(48)33-19-28(55)15-17-44(33,3)46(32,49)35(56)22-45(31,4)47(37,65-43)36(57)23-54/h5-15,17,19,24-25,31-32,34-35,37,43,54,56H,16,18,20-23H2,1-4H3,(H,50,58)(H,51,61)(H,52,62)/t24-,25-,31-,32?,34-,35-,37?,43+,44-,45-,46-,47+/m0/s1. The van der Waals surface area contributed by atoms with E-state index in [0.717, 1.165) is 23.1 Å². The van der Waals surface area contributed by atoms with Crippen LogP contribution in [0, 0.1) is 22.7 Å². The summed E-state index contributed by atoms with van der Waals surface area (Å²) >= 11 is 0. The normalized spacial score (nSPS) is 34.1. The number of carbonyl (C=O) groups is 7. The summed E-state index contributed by atoms with van der Waals surface area (Å²) in [7, 11) is 0. The second-order valence-electron chi connectivity index (χ2n) is 18.1. The van der Waals surface area contributed by atoms with Crippen molar-refractivity contribution in [2.24, 2.45) is 22.7 Å². The van der Waals surface area contributed by atoms with Crippen molar-refractivity contribution in [2.75, 3.05) is 18.5 Å². The average Bonchev–Trinajstić information content (AvgIpc) is 3.90. The van der Waals surface area contributed by atoms with Crippen molar-refractivity contribution in [3.63, 3.8) is 0 Å². The summed E-state index contributed by atoms with van der Waals surface area (Å²) in [6.45, 7) is 5.07. The molecule has 2 aromatic carbocycles. The van der Waals surface area contributed by atoms with Crippen LogP contribution in [0.15, 0.2) is 84.5 Å². The zero-order chi connectivity index (χ0) is 46.8. The minimum atomic E-state index is -2.36. The van der Waals surface area contributed by atoms with Gasteiger partial charge in [-0.15, -0.1) is 0 Å². The Bertz CT molecular complexity index is 2410. The van der Waals surface area contributed by atoms with E-state index in [1.165, 1.54) is 32.9 Å². The molecule has 0 aromatic heterocycles. The highest BCUT2D eigenvalue weighted by Gasteiger charge is 2.80. The van der Waals surface area contributed by atoms with E-state index in [-0.39, 0.29) is 37.8 Å². The van der Waals surface area contributed by atoms with E-state index in [4.69, 9.17) is 14.2 Å². The Balaban J connectivity index is 0.866. The molecule has 65 heavy (non-hydrogen) atoms. The summed E-state index contributed by atoms with van der Waals surface area (Å²) in [4.78, 5) is 88.2. The van der Waals surface area contributed by atoms with Gasteiger partial charge in [-0.25, -0.2) is 8.78 Å². The van der Waals surface area contributed by atoms with Crippen LogP contribution in [0.4, 0.5) is 14.5 Å². The first kappa shape index (κ1) is 45.6. The molecule has 2 aromatic rings. The smallest absolute Gasteiger partial charge is 0.253 e. The van der Waals surface area contributed by atoms with Crippen molar-refractivity contribution in [1.82, 2.24) is 15.5 Å². The maximum Gasteiger partial charge on any atom is 0.253 e. The molecule has 5 amide bonds. The molecule has 8 rings (SSSR count). The van der Waals surface area contributed by atoms with Gasteiger partial charge in [0, 0.05) is 53.1 Å². The molecule has 0 spiro atoms. The number of ketones is 2. The predicted molar refractivity (Wildman–Crippen MR) is 225 cm³/mol. The van der Waals surface area contributed by atoms with Crippen LogP contribution in [0.25, 0.3) is 0 Å². The van der Waals surface area contributed by atoms with Gasteiger partial charge in [0.2, 0.25) is 17.7 Å². The number of anilines is 1. The number of rotatable bonds is 13. The minimum absolute atomic E-state index is 0.00946. The number of hydrogen-bond acceptors (Lipinski definition) is 12. The third-order valence-electron chi connectivity index (χ3n) is 14.4. The van der Waals surface area contributed by atoms with Gasteiger partial charge in [0.25, 0.3) is 11.8 Å². The van der Waals surface area contributed by atoms with Gasteiger partial charge in [-0.3, -0.25) is 38.5 Å². The van der Waals surface area contributed by atoms with Crippen LogP contribution < -0.4 is 20.7 Å². The van der Waals surface area contributed by atoms with Crippen LogP contribution in [-0.2, 0) is 43.0 Å². The van der Waals surface area contributed by atoms with Gasteiger partial charge in [-0.05, 0) is 100 Å². The number of aliphatic hydroxyl groups is 2. The average molecular weight is 901 g/mol. The van der Waals surface area contributed by atoms with E-state index < -0.39 is 118 Å². The van der Waals surface area contributed by atoms with Crippen LogP contribution in [0.5, 0.6) is 11.5 Å². The van der Waals surface area contributed by atoms with E-state index in [1.54, 1.807) is 55.5 Å². The highest BCUT2D eigenvalue weighted by Crippen LogP contribution is 2.72. The quantitative estimate of drug-likeness (QED) is 0.183. The lowest BCUT2D eigenvalue weighted by molar-refractivity contribution is -0.235. The molecular weight excluding hydrogens is 851 g/mol. The zero-order valence-corrected chi connectivity index (χ0v) is 36.0. The number of Topliss-reactive ketones (excluding diaryl/α,β-unsaturated/α-hetero) is 1. The Hall–Kier alpha value is -5.95. The van der Waals surface area contributed by atoms with Crippen molar-refractivity contribution in [2.45, 2.75) is 101 Å². The SMILES string of the molecule is C[C@H](NC(=O)CCN1C(=O)C=CC1=O)C(=O)N[C@@H](C)C(=O)Nc1ccc(Oc2ccc([C@@H]3OC4C[C@H]5C6C[C@H](F)C7=CC(=O)C=C[C@]7(C)[C@@]6(F)[C@@H](O)C[C@]5(C)[C@]4(C(=O)CO)O3)cc2)cc1. The van der Waals surface area contributed by atoms with Crippen LogP contribution >= 0.6 is 0 Å². The van der Waals surface area contributed by atoms with E-state index in [0.29, 0.717) is 22.7 Å². The molecule has 4 fully saturated rings. The highest BCUT2D eigenvalue weighted by molar-refractivity contribution is 6.13. The fourth-order valence-electron chi connectivity index (χ4n) is 11.0. The third kappa shape index (κ3) is 7.49. The molecule has 16 nitrogen and oxygen atoms in total. The van der Waals surface area contributed by atoms with Gasteiger partial charge < -0.3 is 40.4 Å². The molecule has 12 atom stereocenters. The molecule has 0 bridgehead atoms. The summed E-state index contributed by atoms with van der Waals surface area (Å²) < 4.78 is 52.6. The fourth-order valence-corrected chi connectivity index (χ4v) is 11.0. The van der Waals surface area contributed by atoms with Crippen LogP contribution in [0.2, 0.25) is 0 Å². The molecular formula is C47H50F2N4O12. The summed E-state index contributed by atoms with van der Waals surface area (Å²) in [6.07, 6.45) is -0.141. The number of nitrogens with zero attached hydrogens (tertiary/aromatic N) is 1. The number of imide groups is 1. The lowest BCUT2D eigenvalue weighted by atomic mass is 9.44. The Morgan fingerprint density at radius 1 is 0.892 bits per heavy atom. The predicted octanol–water partition coefficient (Wildman–Crippen LogP) is 3.38. The number of alkyl halides is 2. The molecule has 0 radical (unpaired) electrons. The van der Waals surface area contributed by atoms with Gasteiger partial charge in [0.1, 0.15) is 36.4 Å². The number of ether oxygens (including phenoxy) is 3. The molecule has 6 aliphatic rings. The largest absolute Gasteiger partial charge is 0.457 e. The van der Waals surface area contributed by atoms with E-state index >= 15 is 8.78 Å². The molecule has 2 aliphatic heterocycles. The Morgan fingerprint density at radius 2 is 1.52 bits per heavy atom. The monoisotopic (exact) mass is 900 g/mol. The van der Waals surface area contributed by atoms with Gasteiger partial charge in [-0.2, -0.15) is 0 Å². The summed E-state index contributed by atoms with van der Waals surface area (Å²) in [5.74, 6) is -4.83. The number of benzene rings is 2. The molecule has 4 aliphatic carbocycles. The molecule has 3 saturated carbocycles. The number of fused-ring (bicyclic) bond motifs is 7. The van der Waals surface area contributed by atoms with Crippen LogP contribution in [0.3, 0.4) is 0 Å². The second-order valence-corrected chi connectivity index (χ2v) is 18.1. The molecule has 2 heterocycles. The number of amides is 5. The third-order valence-corrected chi connectivity index (χ3v) is 14.4. The zero-order valence-electron chi connectivity index (χ0n) is 36.0. The maximum absolute atomic E-state index is 17.7. The maximum atomic E-state index is 17.7. The fraction of sp³-hybridized carbons (Fsp3) is 0.468. The first-order valence-electron chi connectivity index (χ1n) is 21.5. The first-order chi connectivity index (χ1) is 30.7. The van der Waals surface area contributed by atoms with Crippen molar-refractivity contribution in [1.29, 1.82) is 0 Å². The Kier molecular flexibility index (Phi) is 11.8. The van der Waals surface area contributed by atoms with Gasteiger partial charge >= 0.3 is 0 Å². The van der Waals surface area contributed by atoms with Gasteiger partial charge in [0.15, 0.2) is 29.1 Å². The highest BCUT2D eigenvalue weighted by atomic mass is 19.1. The molecule has 2 unspecified atom stereocenters. The first-order valence-corrected chi connectivity index (χ1v) is 21.5. The lowest BCUT2D eigenvalue weighted by Gasteiger charge is -2.63. The molecule has 18 heteroatoms. The van der Waals surface area contributed by atoms with Crippen molar-refractivity contribution >= 4 is 46.8 Å².